The fraction of sp³-hybridized carbons (Fsp3) is 0.500. The second-order valence-electron chi connectivity index (χ2n) is 6.32. The predicted octanol–water partition coefficient (Wildman–Crippen LogP) is 2.52. The zero-order valence-corrected chi connectivity index (χ0v) is 16.3. The monoisotopic (exact) mass is 443 g/mol. The fourth-order valence-electron chi connectivity index (χ4n) is 2.84. The number of hydrogen-bond donors (Lipinski definition) is 1. The summed E-state index contributed by atoms with van der Waals surface area (Å²) in [5, 5.41) is 7.63. The van der Waals surface area contributed by atoms with Crippen molar-refractivity contribution in [3.8, 4) is 5.75 Å². The van der Waals surface area contributed by atoms with E-state index in [4.69, 9.17) is 16.3 Å². The smallest absolute Gasteiger partial charge is 0.425 e. The van der Waals surface area contributed by atoms with Crippen molar-refractivity contribution in [1.82, 2.24) is 4.90 Å². The highest BCUT2D eigenvalue weighted by Gasteiger charge is 2.45. The molecule has 1 saturated heterocycles. The first kappa shape index (κ1) is 22.3. The van der Waals surface area contributed by atoms with Crippen LogP contribution in [0.15, 0.2) is 23.1 Å². The van der Waals surface area contributed by atoms with E-state index in [0.717, 1.165) is 36.9 Å². The SMILES string of the molecule is CC(=O)N1C[C@H](S(=O)(=O)c2ccc(OC(C)C(F)(F)F)cc2Cl)C[C@H]1C(=O)O. The third-order valence-corrected chi connectivity index (χ3v) is 6.99. The van der Waals surface area contributed by atoms with E-state index in [1.54, 1.807) is 0 Å². The minimum atomic E-state index is -4.61. The number of alkyl halides is 3. The molecule has 0 aliphatic carbocycles. The van der Waals surface area contributed by atoms with Crippen LogP contribution in [0.3, 0.4) is 0 Å². The van der Waals surface area contributed by atoms with E-state index >= 15 is 0 Å². The molecule has 1 aliphatic rings. The van der Waals surface area contributed by atoms with Crippen LogP contribution in [0.1, 0.15) is 20.3 Å². The van der Waals surface area contributed by atoms with Crippen LogP contribution in [0.5, 0.6) is 5.75 Å². The number of amides is 1. The predicted molar refractivity (Wildman–Crippen MR) is 92.0 cm³/mol. The molecule has 0 bridgehead atoms. The summed E-state index contributed by atoms with van der Waals surface area (Å²) < 4.78 is 68.1. The molecule has 0 spiro atoms. The molecule has 1 N–H and O–H groups in total. The maximum Gasteiger partial charge on any atom is 0.425 e. The Balaban J connectivity index is 2.29. The van der Waals surface area contributed by atoms with Gasteiger partial charge >= 0.3 is 12.1 Å². The molecule has 2 rings (SSSR count). The Hall–Kier alpha value is -2.01. The van der Waals surface area contributed by atoms with Crippen molar-refractivity contribution in [1.29, 1.82) is 0 Å². The summed E-state index contributed by atoms with van der Waals surface area (Å²) in [6.45, 7) is 1.60. The maximum absolute atomic E-state index is 12.8. The number of rotatable bonds is 5. The number of carboxylic acids is 1. The van der Waals surface area contributed by atoms with E-state index in [-0.39, 0.29) is 28.6 Å². The number of sulfone groups is 1. The van der Waals surface area contributed by atoms with Crippen molar-refractivity contribution < 1.29 is 41.0 Å². The van der Waals surface area contributed by atoms with Gasteiger partial charge in [-0.3, -0.25) is 4.79 Å². The molecular weight excluding hydrogens is 427 g/mol. The van der Waals surface area contributed by atoms with Crippen molar-refractivity contribution in [2.45, 2.75) is 48.7 Å². The average molecular weight is 444 g/mol. The summed E-state index contributed by atoms with van der Waals surface area (Å²) in [4.78, 5) is 23.5. The molecule has 0 saturated carbocycles. The van der Waals surface area contributed by atoms with Gasteiger partial charge in [0, 0.05) is 19.5 Å². The molecule has 1 aromatic carbocycles. The van der Waals surface area contributed by atoms with E-state index in [1.165, 1.54) is 0 Å². The number of halogens is 4. The Bertz CT molecular complexity index is 867. The molecule has 12 heteroatoms. The number of benzene rings is 1. The Morgan fingerprint density at radius 1 is 1.36 bits per heavy atom. The highest BCUT2D eigenvalue weighted by atomic mass is 35.5. The summed E-state index contributed by atoms with van der Waals surface area (Å²) in [7, 11) is -4.14. The van der Waals surface area contributed by atoms with Crippen molar-refractivity contribution in [2.24, 2.45) is 0 Å². The van der Waals surface area contributed by atoms with Gasteiger partial charge in [0.25, 0.3) is 0 Å². The van der Waals surface area contributed by atoms with Crippen LogP contribution in [0, 0.1) is 0 Å². The largest absolute Gasteiger partial charge is 0.481 e. The molecule has 1 aromatic rings. The van der Waals surface area contributed by atoms with Gasteiger partial charge in [-0.15, -0.1) is 0 Å². The van der Waals surface area contributed by atoms with E-state index in [9.17, 15) is 36.3 Å². The number of carbonyl (C=O) groups is 2. The van der Waals surface area contributed by atoms with Gasteiger partial charge in [0.1, 0.15) is 11.8 Å². The molecule has 1 unspecified atom stereocenters. The van der Waals surface area contributed by atoms with Crippen molar-refractivity contribution in [2.75, 3.05) is 6.54 Å². The lowest BCUT2D eigenvalue weighted by molar-refractivity contribution is -0.189. The molecule has 3 atom stereocenters. The Morgan fingerprint density at radius 3 is 2.39 bits per heavy atom. The quantitative estimate of drug-likeness (QED) is 0.750. The first-order chi connectivity index (χ1) is 12.7. The Morgan fingerprint density at radius 2 is 1.96 bits per heavy atom. The number of nitrogens with zero attached hydrogens (tertiary/aromatic N) is 1. The summed E-state index contributed by atoms with van der Waals surface area (Å²) in [6, 6.07) is 1.70. The van der Waals surface area contributed by atoms with E-state index < -0.39 is 45.3 Å². The van der Waals surface area contributed by atoms with Gasteiger partial charge in [0.05, 0.1) is 15.2 Å². The zero-order chi connectivity index (χ0) is 21.4. The fourth-order valence-corrected chi connectivity index (χ4v) is 5.07. The van der Waals surface area contributed by atoms with Crippen LogP contribution >= 0.6 is 11.6 Å². The van der Waals surface area contributed by atoms with Crippen molar-refractivity contribution in [3.63, 3.8) is 0 Å². The molecule has 1 fully saturated rings. The number of carboxylic acid groups (broad SMARTS) is 1. The third kappa shape index (κ3) is 4.52. The number of hydrogen-bond acceptors (Lipinski definition) is 5. The average Bonchev–Trinajstić information content (AvgIpc) is 3.00. The molecule has 156 valence electrons. The zero-order valence-electron chi connectivity index (χ0n) is 14.7. The van der Waals surface area contributed by atoms with Crippen LogP contribution in [-0.4, -0.2) is 60.4 Å². The summed E-state index contributed by atoms with van der Waals surface area (Å²) in [5.41, 5.74) is 0. The highest BCUT2D eigenvalue weighted by Crippen LogP contribution is 2.34. The van der Waals surface area contributed by atoms with Crippen LogP contribution < -0.4 is 4.74 Å². The van der Waals surface area contributed by atoms with Gasteiger partial charge in [-0.1, -0.05) is 11.6 Å². The first-order valence-electron chi connectivity index (χ1n) is 8.02. The van der Waals surface area contributed by atoms with Gasteiger partial charge in [0.2, 0.25) is 5.91 Å². The number of ether oxygens (including phenoxy) is 1. The lowest BCUT2D eigenvalue weighted by atomic mass is 10.2. The third-order valence-electron chi connectivity index (χ3n) is 4.37. The van der Waals surface area contributed by atoms with Gasteiger partial charge in [-0.05, 0) is 25.5 Å². The molecule has 1 aliphatic heterocycles. The lowest BCUT2D eigenvalue weighted by Crippen LogP contribution is -2.39. The molecule has 1 amide bonds. The molecular formula is C16H17ClF3NO6S. The number of carbonyl (C=O) groups excluding carboxylic acids is 1. The highest BCUT2D eigenvalue weighted by molar-refractivity contribution is 7.92. The molecule has 7 nitrogen and oxygen atoms in total. The molecule has 28 heavy (non-hydrogen) atoms. The first-order valence-corrected chi connectivity index (χ1v) is 9.94. The molecule has 0 aromatic heterocycles. The maximum atomic E-state index is 12.8. The normalized spacial score (nSPS) is 21.4. The van der Waals surface area contributed by atoms with Gasteiger partial charge in [-0.25, -0.2) is 13.2 Å². The Kier molecular flexibility index (Phi) is 6.19. The summed E-state index contributed by atoms with van der Waals surface area (Å²) >= 11 is 5.95. The molecule has 1 heterocycles. The summed E-state index contributed by atoms with van der Waals surface area (Å²) in [5.74, 6) is -2.18. The second-order valence-corrected chi connectivity index (χ2v) is 8.93. The van der Waals surface area contributed by atoms with E-state index in [0.29, 0.717) is 0 Å². The molecule has 0 radical (unpaired) electrons. The van der Waals surface area contributed by atoms with Gasteiger partial charge in [0.15, 0.2) is 15.9 Å². The summed E-state index contributed by atoms with van der Waals surface area (Å²) in [6.07, 6.45) is -7.05. The van der Waals surface area contributed by atoms with Crippen LogP contribution in [0.4, 0.5) is 13.2 Å². The van der Waals surface area contributed by atoms with Crippen molar-refractivity contribution in [3.05, 3.63) is 23.2 Å². The number of aliphatic carboxylic acids is 1. The van der Waals surface area contributed by atoms with Crippen LogP contribution in [0.25, 0.3) is 0 Å². The number of likely N-dealkylation sites (tertiary alicyclic amines) is 1. The van der Waals surface area contributed by atoms with Gasteiger partial charge in [-0.2, -0.15) is 13.2 Å². The second kappa shape index (κ2) is 7.78. The van der Waals surface area contributed by atoms with Crippen molar-refractivity contribution >= 4 is 33.3 Å². The minimum Gasteiger partial charge on any atom is -0.481 e. The van der Waals surface area contributed by atoms with Crippen LogP contribution in [-0.2, 0) is 19.4 Å². The van der Waals surface area contributed by atoms with Crippen LogP contribution in [0.2, 0.25) is 5.02 Å². The Labute approximate surface area is 163 Å². The lowest BCUT2D eigenvalue weighted by Gasteiger charge is -2.19. The van der Waals surface area contributed by atoms with E-state index in [1.807, 2.05) is 0 Å². The standard InChI is InChI=1S/C16H17ClF3NO6S/c1-8(16(18,19)20)27-10-3-4-14(12(17)5-10)28(25,26)11-6-13(15(23)24)21(7-11)9(2)22/h3-5,8,11,13H,6-7H2,1-2H3,(H,23,24)/t8?,11-,13+/m1/s1. The van der Waals surface area contributed by atoms with Gasteiger partial charge < -0.3 is 14.7 Å². The minimum absolute atomic E-state index is 0.269. The topological polar surface area (TPSA) is 101 Å². The van der Waals surface area contributed by atoms with E-state index in [2.05, 4.69) is 0 Å².